The van der Waals surface area contributed by atoms with Crippen LogP contribution in [0.4, 0.5) is 4.39 Å². The van der Waals surface area contributed by atoms with Gasteiger partial charge in [-0.15, -0.1) is 0 Å². The molecule has 0 saturated heterocycles. The molecule has 0 radical (unpaired) electrons. The lowest BCUT2D eigenvalue weighted by molar-refractivity contribution is -0.133. The number of benzene rings is 2. The van der Waals surface area contributed by atoms with Crippen LogP contribution in [0.3, 0.4) is 0 Å². The van der Waals surface area contributed by atoms with Crippen LogP contribution >= 0.6 is 11.3 Å². The largest absolute Gasteiger partial charge is 0.489 e. The summed E-state index contributed by atoms with van der Waals surface area (Å²) < 4.78 is 19.0. The highest BCUT2D eigenvalue weighted by Gasteiger charge is 2.27. The van der Waals surface area contributed by atoms with Gasteiger partial charge in [0, 0.05) is 12.6 Å². The first kappa shape index (κ1) is 20.6. The van der Waals surface area contributed by atoms with E-state index in [1.165, 1.54) is 25.0 Å². The van der Waals surface area contributed by atoms with E-state index < -0.39 is 0 Å². The Labute approximate surface area is 181 Å². The second-order valence-electron chi connectivity index (χ2n) is 7.83. The number of ether oxygens (including phenoxy) is 1. The van der Waals surface area contributed by atoms with E-state index in [0.29, 0.717) is 25.6 Å². The molecule has 3 nitrogen and oxygen atoms in total. The molecule has 1 heterocycles. The molecule has 1 aliphatic rings. The van der Waals surface area contributed by atoms with Crippen molar-refractivity contribution in [2.24, 2.45) is 0 Å². The fraction of sp³-hybridized carbons (Fsp3) is 0.320. The highest BCUT2D eigenvalue weighted by atomic mass is 32.1. The van der Waals surface area contributed by atoms with Crippen molar-refractivity contribution >= 4 is 17.2 Å². The fourth-order valence-electron chi connectivity index (χ4n) is 3.98. The van der Waals surface area contributed by atoms with Gasteiger partial charge < -0.3 is 9.64 Å². The van der Waals surface area contributed by atoms with Crippen LogP contribution in [-0.2, 0) is 24.4 Å². The van der Waals surface area contributed by atoms with Crippen LogP contribution in [0, 0.1) is 5.82 Å². The molecular weight excluding hydrogens is 397 g/mol. The van der Waals surface area contributed by atoms with E-state index in [4.69, 9.17) is 4.74 Å². The predicted octanol–water partition coefficient (Wildman–Crippen LogP) is 5.98. The number of carbonyl (C=O) groups excluding carboxylic acids is 1. The Kier molecular flexibility index (Phi) is 6.80. The zero-order valence-electron chi connectivity index (χ0n) is 16.9. The molecule has 0 atom stereocenters. The average Bonchev–Trinajstić information content (AvgIpc) is 3.46. The van der Waals surface area contributed by atoms with E-state index in [9.17, 15) is 9.18 Å². The summed E-state index contributed by atoms with van der Waals surface area (Å²) in [7, 11) is 0. The third-order valence-corrected chi connectivity index (χ3v) is 6.32. The van der Waals surface area contributed by atoms with Crippen molar-refractivity contribution in [1.82, 2.24) is 4.90 Å². The average molecular weight is 424 g/mol. The number of thiophene rings is 1. The summed E-state index contributed by atoms with van der Waals surface area (Å²) in [6.07, 6.45) is 4.99. The maximum atomic E-state index is 13.1. The van der Waals surface area contributed by atoms with Crippen molar-refractivity contribution in [2.75, 3.05) is 0 Å². The quantitative estimate of drug-likeness (QED) is 0.446. The molecule has 5 heteroatoms. The normalized spacial score (nSPS) is 14.0. The highest BCUT2D eigenvalue weighted by molar-refractivity contribution is 7.08. The van der Waals surface area contributed by atoms with Gasteiger partial charge in [-0.1, -0.05) is 37.1 Å². The van der Waals surface area contributed by atoms with Gasteiger partial charge >= 0.3 is 0 Å². The summed E-state index contributed by atoms with van der Waals surface area (Å²) in [5.74, 6) is 0.700. The summed E-state index contributed by atoms with van der Waals surface area (Å²) in [5, 5.41) is 4.07. The molecule has 1 fully saturated rings. The zero-order chi connectivity index (χ0) is 20.8. The summed E-state index contributed by atoms with van der Waals surface area (Å²) in [6.45, 7) is 0.981. The zero-order valence-corrected chi connectivity index (χ0v) is 17.7. The molecule has 0 bridgehead atoms. The van der Waals surface area contributed by atoms with E-state index >= 15 is 0 Å². The first-order chi connectivity index (χ1) is 14.7. The van der Waals surface area contributed by atoms with Crippen molar-refractivity contribution < 1.29 is 13.9 Å². The lowest BCUT2D eigenvalue weighted by Crippen LogP contribution is -2.39. The molecule has 156 valence electrons. The highest BCUT2D eigenvalue weighted by Crippen LogP contribution is 2.27. The molecule has 1 aromatic heterocycles. The lowest BCUT2D eigenvalue weighted by atomic mass is 10.1. The van der Waals surface area contributed by atoms with Gasteiger partial charge in [0.2, 0.25) is 5.91 Å². The van der Waals surface area contributed by atoms with Gasteiger partial charge in [0.1, 0.15) is 18.2 Å². The number of carbonyl (C=O) groups is 1. The van der Waals surface area contributed by atoms with Crippen molar-refractivity contribution in [3.63, 3.8) is 0 Å². The van der Waals surface area contributed by atoms with Gasteiger partial charge in [0.25, 0.3) is 0 Å². The van der Waals surface area contributed by atoms with Crippen molar-refractivity contribution in [3.8, 4) is 5.75 Å². The van der Waals surface area contributed by atoms with Crippen molar-refractivity contribution in [3.05, 3.63) is 87.9 Å². The molecule has 1 aliphatic carbocycles. The minimum absolute atomic E-state index is 0.193. The number of rotatable bonds is 8. The Bertz CT molecular complexity index is 950. The Balaban J connectivity index is 1.43. The van der Waals surface area contributed by atoms with Crippen LogP contribution in [-0.4, -0.2) is 16.8 Å². The fourth-order valence-corrected chi connectivity index (χ4v) is 4.65. The summed E-state index contributed by atoms with van der Waals surface area (Å²) in [5.41, 5.74) is 3.07. The second kappa shape index (κ2) is 9.90. The van der Waals surface area contributed by atoms with Crippen molar-refractivity contribution in [1.29, 1.82) is 0 Å². The van der Waals surface area contributed by atoms with Crippen LogP contribution in [0.2, 0.25) is 0 Å². The van der Waals surface area contributed by atoms with Gasteiger partial charge in [0.15, 0.2) is 0 Å². The van der Waals surface area contributed by atoms with Crippen LogP contribution in [0.25, 0.3) is 0 Å². The minimum Gasteiger partial charge on any atom is -0.489 e. The first-order valence-electron chi connectivity index (χ1n) is 10.4. The molecule has 1 saturated carbocycles. The molecule has 0 unspecified atom stereocenters. The second-order valence-corrected chi connectivity index (χ2v) is 8.61. The smallest absolute Gasteiger partial charge is 0.227 e. The number of halogens is 1. The molecule has 0 N–H and O–H groups in total. The van der Waals surface area contributed by atoms with E-state index in [1.54, 1.807) is 23.5 Å². The van der Waals surface area contributed by atoms with Crippen LogP contribution < -0.4 is 4.74 Å². The number of amides is 1. The Hall–Kier alpha value is -2.66. The third kappa shape index (κ3) is 5.48. The lowest BCUT2D eigenvalue weighted by Gasteiger charge is -2.29. The van der Waals surface area contributed by atoms with Gasteiger partial charge in [-0.05, 0) is 70.6 Å². The Morgan fingerprint density at radius 2 is 1.83 bits per heavy atom. The third-order valence-electron chi connectivity index (χ3n) is 5.59. The maximum absolute atomic E-state index is 13.1. The Morgan fingerprint density at radius 1 is 1.03 bits per heavy atom. The summed E-state index contributed by atoms with van der Waals surface area (Å²) in [4.78, 5) is 15.2. The maximum Gasteiger partial charge on any atom is 0.227 e. The molecule has 2 aromatic carbocycles. The van der Waals surface area contributed by atoms with E-state index in [0.717, 1.165) is 35.3 Å². The van der Waals surface area contributed by atoms with E-state index in [-0.39, 0.29) is 11.7 Å². The molecular formula is C25H26FNO2S. The molecule has 1 amide bonds. The van der Waals surface area contributed by atoms with Gasteiger partial charge in [0.05, 0.1) is 6.42 Å². The molecule has 0 aliphatic heterocycles. The summed E-state index contributed by atoms with van der Waals surface area (Å²) in [6, 6.07) is 16.6. The molecule has 0 spiro atoms. The SMILES string of the molecule is O=C(Cc1ccsc1)N(Cc1cccc(OCc2ccc(F)cc2)c1)C1CCCC1. The van der Waals surface area contributed by atoms with Gasteiger partial charge in [-0.2, -0.15) is 11.3 Å². The van der Waals surface area contributed by atoms with Gasteiger partial charge in [-0.3, -0.25) is 4.79 Å². The first-order valence-corrected chi connectivity index (χ1v) is 11.4. The van der Waals surface area contributed by atoms with Crippen molar-refractivity contribution in [2.45, 2.75) is 51.3 Å². The predicted molar refractivity (Wildman–Crippen MR) is 118 cm³/mol. The van der Waals surface area contributed by atoms with E-state index in [2.05, 4.69) is 10.3 Å². The standard InChI is InChI=1S/C25H26FNO2S/c26-22-10-8-19(9-11-22)17-29-24-7-3-4-20(14-24)16-27(23-5-1-2-6-23)25(28)15-21-12-13-30-18-21/h3-4,7-14,18,23H,1-2,5-6,15-17H2. The Morgan fingerprint density at radius 3 is 2.57 bits per heavy atom. The number of nitrogens with zero attached hydrogens (tertiary/aromatic N) is 1. The van der Waals surface area contributed by atoms with Gasteiger partial charge in [-0.25, -0.2) is 4.39 Å². The topological polar surface area (TPSA) is 29.5 Å². The van der Waals surface area contributed by atoms with Crippen LogP contribution in [0.15, 0.2) is 65.4 Å². The minimum atomic E-state index is -0.250. The summed E-state index contributed by atoms with van der Waals surface area (Å²) >= 11 is 1.63. The van der Waals surface area contributed by atoms with Crippen LogP contribution in [0.5, 0.6) is 5.75 Å². The number of hydrogen-bond donors (Lipinski definition) is 0. The van der Waals surface area contributed by atoms with E-state index in [1.807, 2.05) is 35.7 Å². The van der Waals surface area contributed by atoms with Crippen LogP contribution in [0.1, 0.15) is 42.4 Å². The number of hydrogen-bond acceptors (Lipinski definition) is 3. The molecule has 30 heavy (non-hydrogen) atoms. The molecule has 3 aromatic rings. The monoisotopic (exact) mass is 423 g/mol. The molecule has 4 rings (SSSR count).